The first kappa shape index (κ1) is 26.4. The van der Waals surface area contributed by atoms with Gasteiger partial charge in [0.15, 0.2) is 0 Å². The van der Waals surface area contributed by atoms with E-state index in [9.17, 15) is 5.26 Å². The van der Waals surface area contributed by atoms with Crippen LogP contribution >= 0.6 is 0 Å². The number of nitrogens with zero attached hydrogens (tertiary/aromatic N) is 3. The van der Waals surface area contributed by atoms with Crippen molar-refractivity contribution in [2.45, 2.75) is 122 Å². The summed E-state index contributed by atoms with van der Waals surface area (Å²) in [6.07, 6.45) is 23.3. The first-order valence-corrected chi connectivity index (χ1v) is 14.0. The lowest BCUT2D eigenvalue weighted by atomic mass is 9.68. The molecule has 0 saturated heterocycles. The van der Waals surface area contributed by atoms with Gasteiger partial charge in [-0.05, 0) is 56.1 Å². The Balaban J connectivity index is 1.47. The SMILES string of the molecule is CCCCCCCCc1ccc(-c2cnc(C3CCC(C#N)(CCCCCC)CC3)nc2)cc1. The molecular weight excluding hydrogens is 414 g/mol. The first-order valence-electron chi connectivity index (χ1n) is 14.0. The second-order valence-electron chi connectivity index (χ2n) is 10.5. The van der Waals surface area contributed by atoms with Crippen LogP contribution in [0.15, 0.2) is 36.7 Å². The maximum absolute atomic E-state index is 9.85. The van der Waals surface area contributed by atoms with Gasteiger partial charge in [0.25, 0.3) is 0 Å². The van der Waals surface area contributed by atoms with Crippen LogP contribution in [0.3, 0.4) is 0 Å². The van der Waals surface area contributed by atoms with Gasteiger partial charge >= 0.3 is 0 Å². The smallest absolute Gasteiger partial charge is 0.131 e. The van der Waals surface area contributed by atoms with Gasteiger partial charge in [-0.3, -0.25) is 0 Å². The van der Waals surface area contributed by atoms with Crippen molar-refractivity contribution in [2.24, 2.45) is 5.41 Å². The Morgan fingerprint density at radius 3 is 2.00 bits per heavy atom. The normalized spacial score (nSPS) is 20.2. The summed E-state index contributed by atoms with van der Waals surface area (Å²) in [7, 11) is 0. The summed E-state index contributed by atoms with van der Waals surface area (Å²) in [4.78, 5) is 9.50. The zero-order valence-corrected chi connectivity index (χ0v) is 21.7. The molecule has 0 amide bonds. The highest BCUT2D eigenvalue weighted by molar-refractivity contribution is 5.61. The fourth-order valence-electron chi connectivity index (χ4n) is 5.41. The summed E-state index contributed by atoms with van der Waals surface area (Å²) in [5, 5.41) is 9.85. The van der Waals surface area contributed by atoms with E-state index in [1.54, 1.807) is 0 Å². The second kappa shape index (κ2) is 14.2. The van der Waals surface area contributed by atoms with Crippen molar-refractivity contribution < 1.29 is 0 Å². The average Bonchev–Trinajstić information content (AvgIpc) is 2.89. The van der Waals surface area contributed by atoms with E-state index in [4.69, 9.17) is 9.97 Å². The Morgan fingerprint density at radius 1 is 0.794 bits per heavy atom. The predicted octanol–water partition coefficient (Wildman–Crippen LogP) is 9.18. The van der Waals surface area contributed by atoms with Gasteiger partial charge in [0.05, 0.1) is 11.5 Å². The number of unbranched alkanes of at least 4 members (excludes halogenated alkanes) is 8. The molecule has 1 aromatic heterocycles. The summed E-state index contributed by atoms with van der Waals surface area (Å²) in [5.41, 5.74) is 3.60. The average molecular weight is 460 g/mol. The van der Waals surface area contributed by atoms with E-state index in [-0.39, 0.29) is 5.41 Å². The van der Waals surface area contributed by atoms with Crippen LogP contribution in [0.25, 0.3) is 11.1 Å². The van der Waals surface area contributed by atoms with E-state index in [0.29, 0.717) is 5.92 Å². The Bertz CT molecular complexity index is 855. The lowest BCUT2D eigenvalue weighted by Crippen LogP contribution is -2.26. The number of hydrogen-bond donors (Lipinski definition) is 0. The lowest BCUT2D eigenvalue weighted by molar-refractivity contribution is 0.219. The van der Waals surface area contributed by atoms with Crippen molar-refractivity contribution in [2.75, 3.05) is 0 Å². The molecule has 0 radical (unpaired) electrons. The van der Waals surface area contributed by atoms with Crippen LogP contribution in [-0.2, 0) is 6.42 Å². The first-order chi connectivity index (χ1) is 16.7. The summed E-state index contributed by atoms with van der Waals surface area (Å²) in [5.74, 6) is 1.35. The van der Waals surface area contributed by atoms with Gasteiger partial charge in [0.1, 0.15) is 5.82 Å². The number of aryl methyl sites for hydroxylation is 1. The molecule has 1 aliphatic rings. The molecule has 1 fully saturated rings. The number of rotatable bonds is 14. The molecule has 3 rings (SSSR count). The standard InChI is InChI=1S/C31H45N3/c1-3-5-7-9-10-11-13-26-14-16-27(17-15-26)29-23-33-30(34-24-29)28-18-21-31(25-32,22-19-28)20-12-8-6-4-2/h14-17,23-24,28H,3-13,18-22H2,1-2H3. The van der Waals surface area contributed by atoms with Crippen LogP contribution in [-0.4, -0.2) is 9.97 Å². The number of nitriles is 1. The Morgan fingerprint density at radius 2 is 1.38 bits per heavy atom. The quantitative estimate of drug-likeness (QED) is 0.264. The van der Waals surface area contributed by atoms with Crippen LogP contribution in [0.2, 0.25) is 0 Å². The van der Waals surface area contributed by atoms with Crippen molar-refractivity contribution in [3.05, 3.63) is 48.0 Å². The topological polar surface area (TPSA) is 49.6 Å². The Kier molecular flexibility index (Phi) is 11.1. The maximum Gasteiger partial charge on any atom is 0.131 e. The number of aromatic nitrogens is 2. The van der Waals surface area contributed by atoms with Crippen molar-refractivity contribution >= 4 is 0 Å². The highest BCUT2D eigenvalue weighted by atomic mass is 14.9. The molecule has 1 aliphatic carbocycles. The van der Waals surface area contributed by atoms with E-state index in [0.717, 1.165) is 43.5 Å². The van der Waals surface area contributed by atoms with Gasteiger partial charge in [-0.1, -0.05) is 95.9 Å². The minimum atomic E-state index is -0.110. The molecule has 2 aromatic rings. The molecule has 3 heteroatoms. The molecular formula is C31H45N3. The van der Waals surface area contributed by atoms with E-state index < -0.39 is 0 Å². The molecule has 34 heavy (non-hydrogen) atoms. The third-order valence-electron chi connectivity index (χ3n) is 7.83. The van der Waals surface area contributed by atoms with Gasteiger partial charge in [-0.2, -0.15) is 5.26 Å². The van der Waals surface area contributed by atoms with Crippen LogP contribution in [0.4, 0.5) is 0 Å². The summed E-state index contributed by atoms with van der Waals surface area (Å²) < 4.78 is 0. The van der Waals surface area contributed by atoms with Crippen molar-refractivity contribution in [3.63, 3.8) is 0 Å². The molecule has 0 N–H and O–H groups in total. The van der Waals surface area contributed by atoms with Gasteiger partial charge in [0, 0.05) is 23.9 Å². The van der Waals surface area contributed by atoms with Gasteiger partial charge in [-0.15, -0.1) is 0 Å². The summed E-state index contributed by atoms with van der Waals surface area (Å²) in [6, 6.07) is 11.6. The van der Waals surface area contributed by atoms with Crippen LogP contribution in [0.1, 0.15) is 127 Å². The van der Waals surface area contributed by atoms with Gasteiger partial charge in [-0.25, -0.2) is 9.97 Å². The summed E-state index contributed by atoms with van der Waals surface area (Å²) >= 11 is 0. The number of benzene rings is 1. The fourth-order valence-corrected chi connectivity index (χ4v) is 5.41. The molecule has 0 aliphatic heterocycles. The highest BCUT2D eigenvalue weighted by Crippen LogP contribution is 2.45. The monoisotopic (exact) mass is 459 g/mol. The van der Waals surface area contributed by atoms with Crippen LogP contribution < -0.4 is 0 Å². The molecule has 1 aromatic carbocycles. The zero-order valence-electron chi connectivity index (χ0n) is 21.7. The van der Waals surface area contributed by atoms with E-state index in [1.165, 1.54) is 81.8 Å². The fraction of sp³-hybridized carbons (Fsp3) is 0.645. The minimum Gasteiger partial charge on any atom is -0.240 e. The molecule has 1 heterocycles. The van der Waals surface area contributed by atoms with Gasteiger partial charge in [0.2, 0.25) is 0 Å². The van der Waals surface area contributed by atoms with Crippen LogP contribution in [0.5, 0.6) is 0 Å². The minimum absolute atomic E-state index is 0.110. The lowest BCUT2D eigenvalue weighted by Gasteiger charge is -2.34. The number of hydrogen-bond acceptors (Lipinski definition) is 3. The molecule has 0 atom stereocenters. The summed E-state index contributed by atoms with van der Waals surface area (Å²) in [6.45, 7) is 4.51. The molecule has 0 spiro atoms. The van der Waals surface area contributed by atoms with Crippen molar-refractivity contribution in [1.82, 2.24) is 9.97 Å². The van der Waals surface area contributed by atoms with Crippen LogP contribution in [0, 0.1) is 16.7 Å². The molecule has 184 valence electrons. The molecule has 0 bridgehead atoms. The third-order valence-corrected chi connectivity index (χ3v) is 7.83. The Labute approximate surface area is 208 Å². The molecule has 1 saturated carbocycles. The zero-order chi connectivity index (χ0) is 24.1. The Hall–Kier alpha value is -2.21. The van der Waals surface area contributed by atoms with E-state index in [1.807, 2.05) is 12.4 Å². The van der Waals surface area contributed by atoms with E-state index in [2.05, 4.69) is 44.2 Å². The highest BCUT2D eigenvalue weighted by Gasteiger charge is 2.36. The predicted molar refractivity (Wildman–Crippen MR) is 143 cm³/mol. The van der Waals surface area contributed by atoms with Crippen molar-refractivity contribution in [1.29, 1.82) is 5.26 Å². The van der Waals surface area contributed by atoms with E-state index >= 15 is 0 Å². The largest absolute Gasteiger partial charge is 0.240 e. The molecule has 3 nitrogen and oxygen atoms in total. The molecule has 0 unspecified atom stereocenters. The maximum atomic E-state index is 9.85. The van der Waals surface area contributed by atoms with Gasteiger partial charge < -0.3 is 0 Å². The second-order valence-corrected chi connectivity index (χ2v) is 10.5. The third kappa shape index (κ3) is 7.93. The van der Waals surface area contributed by atoms with Crippen molar-refractivity contribution in [3.8, 4) is 17.2 Å².